The van der Waals surface area contributed by atoms with Crippen LogP contribution < -0.4 is 15.6 Å². The number of carboxylic acid groups (broad SMARTS) is 1. The summed E-state index contributed by atoms with van der Waals surface area (Å²) in [5.74, 6) is -0.986. The van der Waals surface area contributed by atoms with Gasteiger partial charge in [-0.1, -0.05) is 30.3 Å². The van der Waals surface area contributed by atoms with Crippen molar-refractivity contribution in [2.45, 2.75) is 32.2 Å². The highest BCUT2D eigenvalue weighted by Crippen LogP contribution is 2.23. The highest BCUT2D eigenvalue weighted by atomic mass is 16.5. The molecule has 1 aromatic heterocycles. The lowest BCUT2D eigenvalue weighted by molar-refractivity contribution is -0.137. The van der Waals surface area contributed by atoms with Crippen LogP contribution in [0.25, 0.3) is 0 Å². The summed E-state index contributed by atoms with van der Waals surface area (Å²) >= 11 is 0. The molecule has 0 radical (unpaired) electrons. The van der Waals surface area contributed by atoms with E-state index in [2.05, 4.69) is 15.3 Å². The summed E-state index contributed by atoms with van der Waals surface area (Å²) in [6.45, 7) is 1.77. The fraction of sp³-hybridized carbons (Fsp3) is 0.208. The van der Waals surface area contributed by atoms with Crippen molar-refractivity contribution < 1.29 is 24.2 Å². The topological polar surface area (TPSA) is 138 Å². The first-order valence-corrected chi connectivity index (χ1v) is 10.3. The van der Waals surface area contributed by atoms with Gasteiger partial charge in [-0.2, -0.15) is 0 Å². The Morgan fingerprint density at radius 1 is 1.03 bits per heavy atom. The second kappa shape index (κ2) is 10.9. The summed E-state index contributed by atoms with van der Waals surface area (Å²) in [5, 5.41) is 11.4. The van der Waals surface area contributed by atoms with Crippen molar-refractivity contribution in [2.75, 3.05) is 0 Å². The van der Waals surface area contributed by atoms with Crippen LogP contribution in [-0.2, 0) is 4.79 Å². The molecule has 0 bridgehead atoms. The normalized spacial score (nSPS) is 11.4. The Labute approximate surface area is 189 Å². The standard InChI is InChI=1S/C24H23N3O6/c1-15(16-10-12-18(13-11-16)33-17-6-3-2-4-7-17)26-23(31)19-14-25-22(27-24(19)32)20(28)8-5-9-21(29)30/h2-4,6-7,10-15H,5,8-9H2,1H3,(H,26,31)(H,29,30)(H,25,27,32). The molecule has 0 aliphatic rings. The average molecular weight is 449 g/mol. The quantitative estimate of drug-likeness (QED) is 0.403. The fourth-order valence-electron chi connectivity index (χ4n) is 3.02. The molecular weight excluding hydrogens is 426 g/mol. The zero-order valence-electron chi connectivity index (χ0n) is 17.9. The Morgan fingerprint density at radius 2 is 1.70 bits per heavy atom. The molecule has 1 heterocycles. The zero-order valence-corrected chi connectivity index (χ0v) is 17.9. The second-order valence-corrected chi connectivity index (χ2v) is 7.32. The number of para-hydroxylation sites is 1. The average Bonchev–Trinajstić information content (AvgIpc) is 2.79. The SMILES string of the molecule is CC(NC(=O)c1cnc(C(=O)CCCC(=O)O)[nH]c1=O)c1ccc(Oc2ccccc2)cc1. The number of nitrogens with zero attached hydrogens (tertiary/aromatic N) is 1. The minimum atomic E-state index is -1.01. The largest absolute Gasteiger partial charge is 0.481 e. The van der Waals surface area contributed by atoms with Crippen LogP contribution in [-0.4, -0.2) is 32.7 Å². The smallest absolute Gasteiger partial charge is 0.303 e. The van der Waals surface area contributed by atoms with Gasteiger partial charge in [0.25, 0.3) is 11.5 Å². The molecule has 2 aromatic carbocycles. The van der Waals surface area contributed by atoms with E-state index in [4.69, 9.17) is 9.84 Å². The fourth-order valence-corrected chi connectivity index (χ4v) is 3.02. The second-order valence-electron chi connectivity index (χ2n) is 7.32. The first-order chi connectivity index (χ1) is 15.8. The van der Waals surface area contributed by atoms with Gasteiger partial charge in [-0.25, -0.2) is 4.98 Å². The number of ether oxygens (including phenoxy) is 1. The number of Topliss-reactive ketones (excluding diaryl/α,β-unsaturated/α-hetero) is 1. The number of H-pyrrole nitrogens is 1. The summed E-state index contributed by atoms with van der Waals surface area (Å²) in [5.41, 5.74) is -0.172. The van der Waals surface area contributed by atoms with Crippen molar-refractivity contribution in [1.29, 1.82) is 0 Å². The molecule has 33 heavy (non-hydrogen) atoms. The number of hydrogen-bond acceptors (Lipinski definition) is 6. The molecule has 1 unspecified atom stereocenters. The first kappa shape index (κ1) is 23.4. The number of benzene rings is 2. The zero-order chi connectivity index (χ0) is 23.8. The number of carbonyl (C=O) groups is 3. The van der Waals surface area contributed by atoms with Crippen LogP contribution in [0.2, 0.25) is 0 Å². The van der Waals surface area contributed by atoms with Crippen LogP contribution in [0.3, 0.4) is 0 Å². The third kappa shape index (κ3) is 6.60. The number of carbonyl (C=O) groups excluding carboxylic acids is 2. The van der Waals surface area contributed by atoms with Crippen molar-refractivity contribution >= 4 is 17.7 Å². The number of aromatic nitrogens is 2. The number of aromatic amines is 1. The van der Waals surface area contributed by atoms with Crippen molar-refractivity contribution in [2.24, 2.45) is 0 Å². The molecule has 0 fully saturated rings. The molecule has 3 N–H and O–H groups in total. The first-order valence-electron chi connectivity index (χ1n) is 10.3. The van der Waals surface area contributed by atoms with Crippen molar-refractivity contribution in [3.8, 4) is 11.5 Å². The highest BCUT2D eigenvalue weighted by Gasteiger charge is 2.17. The Balaban J connectivity index is 1.60. The number of ketones is 1. The third-order valence-electron chi connectivity index (χ3n) is 4.81. The van der Waals surface area contributed by atoms with Gasteiger partial charge < -0.3 is 20.1 Å². The van der Waals surface area contributed by atoms with E-state index < -0.39 is 29.3 Å². The minimum absolute atomic E-state index is 0.0677. The number of aliphatic carboxylic acids is 1. The lowest BCUT2D eigenvalue weighted by atomic mass is 10.1. The van der Waals surface area contributed by atoms with Crippen molar-refractivity contribution in [1.82, 2.24) is 15.3 Å². The molecule has 0 aliphatic carbocycles. The molecular formula is C24H23N3O6. The van der Waals surface area contributed by atoms with Gasteiger partial charge in [0.2, 0.25) is 0 Å². The maximum Gasteiger partial charge on any atom is 0.303 e. The van der Waals surface area contributed by atoms with Crippen LogP contribution in [0, 0.1) is 0 Å². The van der Waals surface area contributed by atoms with E-state index in [0.717, 1.165) is 11.8 Å². The van der Waals surface area contributed by atoms with Crippen molar-refractivity contribution in [3.05, 3.63) is 88.1 Å². The Morgan fingerprint density at radius 3 is 2.33 bits per heavy atom. The molecule has 9 heteroatoms. The number of nitrogens with one attached hydrogen (secondary N) is 2. The van der Waals surface area contributed by atoms with E-state index in [9.17, 15) is 19.2 Å². The van der Waals surface area contributed by atoms with Crippen LogP contribution in [0.4, 0.5) is 0 Å². The minimum Gasteiger partial charge on any atom is -0.481 e. The molecule has 0 saturated carbocycles. The van der Waals surface area contributed by atoms with E-state index in [0.29, 0.717) is 11.5 Å². The monoisotopic (exact) mass is 449 g/mol. The van der Waals surface area contributed by atoms with E-state index in [1.807, 2.05) is 42.5 Å². The summed E-state index contributed by atoms with van der Waals surface area (Å²) in [6, 6.07) is 16.1. The van der Waals surface area contributed by atoms with Crippen LogP contribution in [0.5, 0.6) is 11.5 Å². The van der Waals surface area contributed by atoms with Gasteiger partial charge in [0.1, 0.15) is 17.1 Å². The van der Waals surface area contributed by atoms with Gasteiger partial charge in [-0.05, 0) is 43.2 Å². The van der Waals surface area contributed by atoms with Crippen molar-refractivity contribution in [3.63, 3.8) is 0 Å². The molecule has 0 spiro atoms. The third-order valence-corrected chi connectivity index (χ3v) is 4.81. The van der Waals surface area contributed by atoms with Crippen LogP contribution >= 0.6 is 0 Å². The van der Waals surface area contributed by atoms with E-state index in [1.165, 1.54) is 0 Å². The Bertz CT molecular complexity index is 1190. The van der Waals surface area contributed by atoms with E-state index >= 15 is 0 Å². The predicted molar refractivity (Wildman–Crippen MR) is 120 cm³/mol. The maximum atomic E-state index is 12.5. The van der Waals surface area contributed by atoms with Gasteiger partial charge in [-0.3, -0.25) is 19.2 Å². The molecule has 1 atom stereocenters. The summed E-state index contributed by atoms with van der Waals surface area (Å²) in [6.07, 6.45) is 0.949. The van der Waals surface area contributed by atoms with E-state index in [1.54, 1.807) is 19.1 Å². The summed E-state index contributed by atoms with van der Waals surface area (Å²) in [7, 11) is 0. The number of carboxylic acids is 1. The van der Waals surface area contributed by atoms with Gasteiger partial charge >= 0.3 is 5.97 Å². The molecule has 0 saturated heterocycles. The predicted octanol–water partition coefficient (Wildman–Crippen LogP) is 3.49. The van der Waals surface area contributed by atoms with E-state index in [-0.39, 0.29) is 30.7 Å². The summed E-state index contributed by atoms with van der Waals surface area (Å²) in [4.78, 5) is 53.5. The molecule has 3 aromatic rings. The lowest BCUT2D eigenvalue weighted by Gasteiger charge is -2.15. The number of hydrogen-bond donors (Lipinski definition) is 3. The van der Waals surface area contributed by atoms with Crippen LogP contribution in [0.1, 0.15) is 58.8 Å². The van der Waals surface area contributed by atoms with Crippen LogP contribution in [0.15, 0.2) is 65.6 Å². The maximum absolute atomic E-state index is 12.5. The number of rotatable bonds is 10. The molecule has 1 amide bonds. The Kier molecular flexibility index (Phi) is 7.69. The molecule has 9 nitrogen and oxygen atoms in total. The van der Waals surface area contributed by atoms with Gasteiger partial charge in [0, 0.05) is 19.0 Å². The molecule has 0 aliphatic heterocycles. The van der Waals surface area contributed by atoms with Gasteiger partial charge in [0.05, 0.1) is 6.04 Å². The molecule has 3 rings (SSSR count). The lowest BCUT2D eigenvalue weighted by Crippen LogP contribution is -2.32. The van der Waals surface area contributed by atoms with Gasteiger partial charge in [-0.15, -0.1) is 0 Å². The summed E-state index contributed by atoms with van der Waals surface area (Å²) < 4.78 is 5.75. The number of amides is 1. The highest BCUT2D eigenvalue weighted by molar-refractivity contribution is 5.95. The van der Waals surface area contributed by atoms with Gasteiger partial charge in [0.15, 0.2) is 11.6 Å². The molecule has 170 valence electrons. The Hall–Kier alpha value is -4.27.